The monoisotopic (exact) mass is 563 g/mol. The zero-order valence-electron chi connectivity index (χ0n) is 23.0. The Bertz CT molecular complexity index is 1540. The van der Waals surface area contributed by atoms with Crippen LogP contribution < -0.4 is 14.2 Å². The van der Waals surface area contributed by atoms with Crippen LogP contribution in [0.25, 0.3) is 11.6 Å². The second kappa shape index (κ2) is 12.4. The van der Waals surface area contributed by atoms with Crippen molar-refractivity contribution in [3.63, 3.8) is 0 Å². The minimum absolute atomic E-state index is 0.0171. The molecule has 40 heavy (non-hydrogen) atoms. The summed E-state index contributed by atoms with van der Waals surface area (Å²) in [6, 6.07) is 15.7. The Balaban J connectivity index is 1.85. The largest absolute Gasteiger partial charge is 0.472 e. The van der Waals surface area contributed by atoms with Crippen molar-refractivity contribution in [2.24, 2.45) is 0 Å². The van der Waals surface area contributed by atoms with Crippen LogP contribution in [-0.4, -0.2) is 46.7 Å². The summed E-state index contributed by atoms with van der Waals surface area (Å²) >= 11 is 0. The second-order valence-electron chi connectivity index (χ2n) is 10.0. The van der Waals surface area contributed by atoms with Gasteiger partial charge in [0.2, 0.25) is 11.6 Å². The highest BCUT2D eigenvalue weighted by Crippen LogP contribution is 2.40. The molecule has 4 rings (SSSR count). The Morgan fingerprint density at radius 2 is 1.62 bits per heavy atom. The molecular weight excluding hydrogens is 530 g/mol. The van der Waals surface area contributed by atoms with E-state index in [0.717, 1.165) is 24.0 Å². The van der Waals surface area contributed by atoms with Gasteiger partial charge in [0.1, 0.15) is 12.4 Å². The van der Waals surface area contributed by atoms with Crippen LogP contribution in [0.15, 0.2) is 71.9 Å². The molecule has 0 aliphatic heterocycles. The first-order valence-electron chi connectivity index (χ1n) is 12.9. The van der Waals surface area contributed by atoms with Crippen LogP contribution in [0.4, 0.5) is 5.82 Å². The first-order chi connectivity index (χ1) is 19.1. The van der Waals surface area contributed by atoms with Crippen molar-refractivity contribution in [2.75, 3.05) is 17.9 Å². The molecule has 10 nitrogen and oxygen atoms in total. The van der Waals surface area contributed by atoms with Crippen molar-refractivity contribution < 1.29 is 23.0 Å². The Kier molecular flexibility index (Phi) is 8.96. The van der Waals surface area contributed by atoms with Crippen LogP contribution in [0.1, 0.15) is 45.2 Å². The van der Waals surface area contributed by atoms with Gasteiger partial charge in [0.15, 0.2) is 11.6 Å². The predicted molar refractivity (Wildman–Crippen MR) is 152 cm³/mol. The zero-order valence-corrected chi connectivity index (χ0v) is 23.8. The molecule has 11 heteroatoms. The Morgan fingerprint density at radius 1 is 0.925 bits per heavy atom. The number of sulfonamides is 1. The average molecular weight is 564 g/mol. The molecule has 0 unspecified atom stereocenters. The molecule has 2 heterocycles. The van der Waals surface area contributed by atoms with Crippen LogP contribution >= 0.6 is 0 Å². The summed E-state index contributed by atoms with van der Waals surface area (Å²) in [7, 11) is -4.11. The maximum Gasteiger partial charge on any atom is 0.263 e. The molecule has 0 amide bonds. The van der Waals surface area contributed by atoms with E-state index in [-0.39, 0.29) is 52.6 Å². The molecule has 0 aliphatic carbocycles. The van der Waals surface area contributed by atoms with Crippen molar-refractivity contribution in [2.45, 2.75) is 50.8 Å². The highest BCUT2D eigenvalue weighted by Gasteiger charge is 2.26. The molecule has 2 N–H and O–H groups in total. The first kappa shape index (κ1) is 28.9. The van der Waals surface area contributed by atoms with Crippen LogP contribution in [0.2, 0.25) is 0 Å². The van der Waals surface area contributed by atoms with E-state index in [2.05, 4.69) is 52.4 Å². The lowest BCUT2D eigenvalue weighted by Gasteiger charge is -2.20. The lowest BCUT2D eigenvalue weighted by molar-refractivity contribution is 0.192. The van der Waals surface area contributed by atoms with Crippen molar-refractivity contribution >= 4 is 15.8 Å². The van der Waals surface area contributed by atoms with E-state index >= 15 is 0 Å². The summed E-state index contributed by atoms with van der Waals surface area (Å²) in [4.78, 5) is 17.3. The topological polar surface area (TPSA) is 136 Å². The average Bonchev–Trinajstić information content (AvgIpc) is 2.94. The SMILES string of the molecule is CCCc1ccccc1Oc1c(NS(=O)(=O)c2ccc(C(C)(C)C)cc2)nc(-c2ncccn2)nc1OCCO. The number of ether oxygens (including phenoxy) is 2. The van der Waals surface area contributed by atoms with E-state index in [1.165, 1.54) is 12.4 Å². The Hall–Kier alpha value is -4.09. The number of hydrogen-bond donors (Lipinski definition) is 2. The van der Waals surface area contributed by atoms with Crippen LogP contribution in [0, 0.1) is 0 Å². The molecular formula is C29H33N5O5S. The van der Waals surface area contributed by atoms with Gasteiger partial charge in [-0.3, -0.25) is 4.72 Å². The molecule has 0 spiro atoms. The van der Waals surface area contributed by atoms with E-state index in [1.807, 2.05) is 18.2 Å². The molecule has 0 atom stereocenters. The minimum Gasteiger partial charge on any atom is -0.472 e. The summed E-state index contributed by atoms with van der Waals surface area (Å²) in [5, 5.41) is 9.45. The third-order valence-electron chi connectivity index (χ3n) is 5.90. The fourth-order valence-corrected chi connectivity index (χ4v) is 4.86. The number of rotatable bonds is 11. The number of hydrogen-bond acceptors (Lipinski definition) is 9. The number of benzene rings is 2. The fourth-order valence-electron chi connectivity index (χ4n) is 3.86. The molecule has 0 radical (unpaired) electrons. The summed E-state index contributed by atoms with van der Waals surface area (Å²) < 4.78 is 41.7. The molecule has 2 aromatic heterocycles. The third-order valence-corrected chi connectivity index (χ3v) is 7.25. The molecule has 4 aromatic rings. The first-order valence-corrected chi connectivity index (χ1v) is 14.4. The maximum atomic E-state index is 13.6. The van der Waals surface area contributed by atoms with Gasteiger partial charge in [-0.05, 0) is 47.2 Å². The van der Waals surface area contributed by atoms with Crippen LogP contribution in [0.3, 0.4) is 0 Å². The van der Waals surface area contributed by atoms with E-state index < -0.39 is 10.0 Å². The van der Waals surface area contributed by atoms with Gasteiger partial charge in [0.05, 0.1) is 11.5 Å². The summed E-state index contributed by atoms with van der Waals surface area (Å²) in [6.45, 7) is 7.80. The van der Waals surface area contributed by atoms with Gasteiger partial charge >= 0.3 is 0 Å². The number of para-hydroxylation sites is 1. The molecule has 0 saturated carbocycles. The maximum absolute atomic E-state index is 13.6. The number of aliphatic hydroxyl groups excluding tert-OH is 1. The normalized spacial score (nSPS) is 11.7. The molecule has 0 saturated heterocycles. The fraction of sp³-hybridized carbons (Fsp3) is 0.310. The summed E-state index contributed by atoms with van der Waals surface area (Å²) in [6.07, 6.45) is 4.65. The molecule has 2 aromatic carbocycles. The van der Waals surface area contributed by atoms with E-state index in [4.69, 9.17) is 9.47 Å². The Labute approximate surface area is 234 Å². The number of nitrogens with one attached hydrogen (secondary N) is 1. The standard InChI is InChI=1S/C29H33N5O5S/c1-5-9-20-10-6-7-11-23(20)39-24-25(34-40(36,37)22-14-12-21(13-15-22)29(2,3)4)32-27(26-30-16-8-17-31-26)33-28(24)38-19-18-35/h6-8,10-17,35H,5,9,18-19H2,1-4H3,(H,32,33,34). The van der Waals surface area contributed by atoms with Gasteiger partial charge in [-0.1, -0.05) is 64.4 Å². The minimum atomic E-state index is -4.11. The van der Waals surface area contributed by atoms with E-state index in [0.29, 0.717) is 5.75 Å². The van der Waals surface area contributed by atoms with Crippen molar-refractivity contribution in [3.05, 3.63) is 78.1 Å². The molecule has 0 aliphatic rings. The zero-order chi connectivity index (χ0) is 28.8. The van der Waals surface area contributed by atoms with Gasteiger partial charge in [-0.25, -0.2) is 23.4 Å². The van der Waals surface area contributed by atoms with E-state index in [1.54, 1.807) is 36.4 Å². The third kappa shape index (κ3) is 6.91. The number of anilines is 1. The highest BCUT2D eigenvalue weighted by atomic mass is 32.2. The summed E-state index contributed by atoms with van der Waals surface area (Å²) in [5.74, 6) is 0.398. The van der Waals surface area contributed by atoms with Gasteiger partial charge < -0.3 is 14.6 Å². The van der Waals surface area contributed by atoms with Crippen molar-refractivity contribution in [1.82, 2.24) is 19.9 Å². The lowest BCUT2D eigenvalue weighted by Crippen LogP contribution is -2.17. The second-order valence-corrected chi connectivity index (χ2v) is 11.7. The number of aromatic nitrogens is 4. The molecule has 210 valence electrons. The van der Waals surface area contributed by atoms with Gasteiger partial charge in [0.25, 0.3) is 15.9 Å². The molecule has 0 bridgehead atoms. The van der Waals surface area contributed by atoms with Crippen LogP contribution in [-0.2, 0) is 21.9 Å². The summed E-state index contributed by atoms with van der Waals surface area (Å²) in [5.41, 5.74) is 1.77. The molecule has 0 fully saturated rings. The van der Waals surface area contributed by atoms with Crippen molar-refractivity contribution in [3.8, 4) is 29.0 Å². The number of nitrogens with zero attached hydrogens (tertiary/aromatic N) is 4. The number of aliphatic hydroxyl groups is 1. The smallest absolute Gasteiger partial charge is 0.263 e. The van der Waals surface area contributed by atoms with Crippen LogP contribution in [0.5, 0.6) is 17.4 Å². The Morgan fingerprint density at radius 3 is 2.27 bits per heavy atom. The lowest BCUT2D eigenvalue weighted by atomic mass is 9.87. The van der Waals surface area contributed by atoms with Gasteiger partial charge in [-0.15, -0.1) is 0 Å². The quantitative estimate of drug-likeness (QED) is 0.254. The predicted octanol–water partition coefficient (Wildman–Crippen LogP) is 5.15. The highest BCUT2D eigenvalue weighted by molar-refractivity contribution is 7.92. The van der Waals surface area contributed by atoms with Gasteiger partial charge in [-0.2, -0.15) is 4.98 Å². The number of aryl methyl sites for hydroxylation is 1. The van der Waals surface area contributed by atoms with E-state index in [9.17, 15) is 13.5 Å². The van der Waals surface area contributed by atoms with Gasteiger partial charge in [0, 0.05) is 12.4 Å². The van der Waals surface area contributed by atoms with Crippen molar-refractivity contribution in [1.29, 1.82) is 0 Å².